The lowest BCUT2D eigenvalue weighted by Gasteiger charge is -2.36. The number of likely N-dealkylation sites (N-methyl/N-ethyl adjacent to an activating group) is 1. The van der Waals surface area contributed by atoms with Crippen molar-refractivity contribution in [1.29, 1.82) is 0 Å². The molecule has 2 N–H and O–H groups in total. The number of hydrogen-bond donors (Lipinski definition) is 2. The molecule has 0 aromatic carbocycles. The minimum atomic E-state index is -0.841. The van der Waals surface area contributed by atoms with E-state index in [-0.39, 0.29) is 23.1 Å². The van der Waals surface area contributed by atoms with E-state index in [2.05, 4.69) is 12.2 Å². The van der Waals surface area contributed by atoms with Gasteiger partial charge in [-0.25, -0.2) is 4.79 Å². The fraction of sp³-hybridized carbons (Fsp3) is 0.895. The van der Waals surface area contributed by atoms with E-state index in [4.69, 9.17) is 5.11 Å². The first-order valence-corrected chi connectivity index (χ1v) is 9.67. The van der Waals surface area contributed by atoms with Gasteiger partial charge in [0, 0.05) is 12.8 Å². The summed E-state index contributed by atoms with van der Waals surface area (Å²) in [6.45, 7) is 4.22. The maximum atomic E-state index is 12.1. The summed E-state index contributed by atoms with van der Waals surface area (Å²) in [6.07, 6.45) is 12.2. The van der Waals surface area contributed by atoms with Gasteiger partial charge in [0.15, 0.2) is 12.7 Å². The minimum absolute atomic E-state index is 0.0107. The fourth-order valence-electron chi connectivity index (χ4n) is 3.08. The van der Waals surface area contributed by atoms with Crippen LogP contribution in [-0.2, 0) is 9.59 Å². The Morgan fingerprint density at radius 3 is 1.88 bits per heavy atom. The van der Waals surface area contributed by atoms with Crippen LogP contribution >= 0.6 is 0 Å². The second kappa shape index (κ2) is 13.2. The van der Waals surface area contributed by atoms with Crippen LogP contribution in [0.5, 0.6) is 0 Å². The number of carbonyl (C=O) groups is 2. The van der Waals surface area contributed by atoms with E-state index in [1.54, 1.807) is 0 Å². The van der Waals surface area contributed by atoms with Gasteiger partial charge in [0.2, 0.25) is 5.91 Å². The number of aliphatic carboxylic acids is 1. The first kappa shape index (κ1) is 22.9. The molecule has 1 atom stereocenters. The van der Waals surface area contributed by atoms with Gasteiger partial charge in [0.1, 0.15) is 0 Å². The van der Waals surface area contributed by atoms with Crippen LogP contribution in [0.4, 0.5) is 0 Å². The first-order valence-electron chi connectivity index (χ1n) is 9.67. The topological polar surface area (TPSA) is 66.4 Å². The molecule has 1 amide bonds. The maximum absolute atomic E-state index is 12.1. The number of quaternary nitrogens is 1. The zero-order chi connectivity index (χ0) is 18.4. The molecule has 1 unspecified atom stereocenters. The van der Waals surface area contributed by atoms with E-state index in [1.165, 1.54) is 44.9 Å². The average Bonchev–Trinajstić information content (AvgIpc) is 2.49. The Hall–Kier alpha value is -1.10. The molecule has 0 bridgehead atoms. The summed E-state index contributed by atoms with van der Waals surface area (Å²) in [4.78, 5) is 23.0. The molecule has 0 aliphatic heterocycles. The van der Waals surface area contributed by atoms with E-state index in [1.807, 2.05) is 21.0 Å². The van der Waals surface area contributed by atoms with E-state index < -0.39 is 5.97 Å². The number of carboxylic acids is 1. The van der Waals surface area contributed by atoms with Gasteiger partial charge in [-0.15, -0.1) is 0 Å². The van der Waals surface area contributed by atoms with E-state index in [0.717, 1.165) is 19.3 Å². The van der Waals surface area contributed by atoms with Crippen LogP contribution in [0.3, 0.4) is 0 Å². The van der Waals surface area contributed by atoms with Crippen LogP contribution in [-0.4, -0.2) is 48.3 Å². The molecule has 0 aliphatic rings. The van der Waals surface area contributed by atoms with Gasteiger partial charge in [-0.1, -0.05) is 65.2 Å². The highest BCUT2D eigenvalue weighted by molar-refractivity contribution is 5.76. The largest absolute Gasteiger partial charge is 0.477 e. The molecular formula is C19H39N2O3+. The van der Waals surface area contributed by atoms with Crippen LogP contribution < -0.4 is 5.32 Å². The Kier molecular flexibility index (Phi) is 12.6. The number of rotatable bonds is 15. The number of amides is 1. The predicted octanol–water partition coefficient (Wildman–Crippen LogP) is 3.92. The van der Waals surface area contributed by atoms with Gasteiger partial charge >= 0.3 is 5.97 Å². The zero-order valence-electron chi connectivity index (χ0n) is 16.3. The summed E-state index contributed by atoms with van der Waals surface area (Å²) in [6, 6.07) is 0. The summed E-state index contributed by atoms with van der Waals surface area (Å²) in [5.74, 6) is -0.798. The van der Waals surface area contributed by atoms with Crippen molar-refractivity contribution in [3.63, 3.8) is 0 Å². The second-order valence-electron chi connectivity index (χ2n) is 7.40. The van der Waals surface area contributed by atoms with Crippen molar-refractivity contribution in [2.24, 2.45) is 0 Å². The molecule has 0 aliphatic carbocycles. The number of hydrogen-bond acceptors (Lipinski definition) is 2. The van der Waals surface area contributed by atoms with Gasteiger partial charge in [-0.3, -0.25) is 9.28 Å². The molecule has 0 fully saturated rings. The first-order chi connectivity index (χ1) is 11.3. The normalized spacial score (nSPS) is 12.8. The lowest BCUT2D eigenvalue weighted by Crippen LogP contribution is -2.59. The van der Waals surface area contributed by atoms with Crippen molar-refractivity contribution in [3.8, 4) is 0 Å². The predicted molar refractivity (Wildman–Crippen MR) is 98.7 cm³/mol. The lowest BCUT2D eigenvalue weighted by atomic mass is 10.1. The van der Waals surface area contributed by atoms with Crippen molar-refractivity contribution in [3.05, 3.63) is 0 Å². The summed E-state index contributed by atoms with van der Waals surface area (Å²) in [5.41, 5.74) is 0. The summed E-state index contributed by atoms with van der Waals surface area (Å²) < 4.78 is 0.273. The molecule has 5 heteroatoms. The highest BCUT2D eigenvalue weighted by atomic mass is 16.4. The summed E-state index contributed by atoms with van der Waals surface area (Å²) in [5, 5.41) is 12.0. The average molecular weight is 344 g/mol. The number of nitrogens with one attached hydrogen (secondary N) is 1. The fourth-order valence-corrected chi connectivity index (χ4v) is 3.08. The highest BCUT2D eigenvalue weighted by Gasteiger charge is 2.30. The molecule has 24 heavy (non-hydrogen) atoms. The highest BCUT2D eigenvalue weighted by Crippen LogP contribution is 2.12. The molecule has 142 valence electrons. The van der Waals surface area contributed by atoms with Crippen molar-refractivity contribution < 1.29 is 19.2 Å². The molecule has 0 heterocycles. The summed E-state index contributed by atoms with van der Waals surface area (Å²) >= 11 is 0. The third-order valence-corrected chi connectivity index (χ3v) is 4.61. The van der Waals surface area contributed by atoms with Gasteiger partial charge in [0.05, 0.1) is 14.1 Å². The Morgan fingerprint density at radius 1 is 0.917 bits per heavy atom. The van der Waals surface area contributed by atoms with Crippen LogP contribution in [0.2, 0.25) is 0 Å². The SMILES string of the molecule is CCCCCCCCCCCC(=O)NC(CC)[N+](C)(C)CC(=O)O. The number of carbonyl (C=O) groups excluding carboxylic acids is 1. The van der Waals surface area contributed by atoms with Crippen molar-refractivity contribution in [1.82, 2.24) is 5.32 Å². The third kappa shape index (κ3) is 11.4. The molecule has 0 radical (unpaired) electrons. The molecule has 0 aromatic heterocycles. The minimum Gasteiger partial charge on any atom is -0.477 e. The van der Waals surface area contributed by atoms with Crippen LogP contribution in [0.25, 0.3) is 0 Å². The maximum Gasteiger partial charge on any atom is 0.359 e. The van der Waals surface area contributed by atoms with E-state index >= 15 is 0 Å². The van der Waals surface area contributed by atoms with Gasteiger partial charge in [0.25, 0.3) is 0 Å². The van der Waals surface area contributed by atoms with Gasteiger partial charge in [-0.2, -0.15) is 0 Å². The Labute approximate surface area is 148 Å². The van der Waals surface area contributed by atoms with Crippen LogP contribution in [0.15, 0.2) is 0 Å². The summed E-state index contributed by atoms with van der Waals surface area (Å²) in [7, 11) is 3.70. The van der Waals surface area contributed by atoms with Crippen molar-refractivity contribution >= 4 is 11.9 Å². The Balaban J connectivity index is 3.85. The second-order valence-corrected chi connectivity index (χ2v) is 7.40. The number of nitrogens with zero attached hydrogens (tertiary/aromatic N) is 1. The lowest BCUT2D eigenvalue weighted by molar-refractivity contribution is -0.910. The Morgan fingerprint density at radius 2 is 1.42 bits per heavy atom. The van der Waals surface area contributed by atoms with Gasteiger partial charge < -0.3 is 10.4 Å². The van der Waals surface area contributed by atoms with Crippen molar-refractivity contribution in [2.45, 2.75) is 90.6 Å². The number of carboxylic acid groups (broad SMARTS) is 1. The van der Waals surface area contributed by atoms with E-state index in [0.29, 0.717) is 6.42 Å². The van der Waals surface area contributed by atoms with Gasteiger partial charge in [-0.05, 0) is 6.42 Å². The quantitative estimate of drug-likeness (QED) is 0.269. The molecule has 0 saturated heterocycles. The standard InChI is InChI=1S/C19H38N2O3/c1-5-7-8-9-10-11-12-13-14-15-18(22)20-17(6-2)21(3,4)16-19(23)24/h17H,5-16H2,1-4H3,(H-,20,22,23,24)/p+1. The molecule has 0 rings (SSSR count). The third-order valence-electron chi connectivity index (χ3n) is 4.61. The Bertz CT molecular complexity index is 357. The smallest absolute Gasteiger partial charge is 0.359 e. The zero-order valence-corrected chi connectivity index (χ0v) is 16.3. The molecule has 5 nitrogen and oxygen atoms in total. The molecule has 0 spiro atoms. The molecule has 0 saturated carbocycles. The molecular weight excluding hydrogens is 304 g/mol. The van der Waals surface area contributed by atoms with E-state index in [9.17, 15) is 9.59 Å². The van der Waals surface area contributed by atoms with Crippen LogP contribution in [0, 0.1) is 0 Å². The molecule has 0 aromatic rings. The van der Waals surface area contributed by atoms with Crippen molar-refractivity contribution in [2.75, 3.05) is 20.6 Å². The van der Waals surface area contributed by atoms with Crippen LogP contribution in [0.1, 0.15) is 84.5 Å². The monoisotopic (exact) mass is 343 g/mol. The number of unbranched alkanes of at least 4 members (excludes halogenated alkanes) is 8.